The van der Waals surface area contributed by atoms with Gasteiger partial charge in [-0.15, -0.1) is 0 Å². The lowest BCUT2D eigenvalue weighted by Crippen LogP contribution is -1.88. The minimum absolute atomic E-state index is 0.0762. The van der Waals surface area contributed by atoms with E-state index in [9.17, 15) is 4.79 Å². The fourth-order valence-electron chi connectivity index (χ4n) is 1.10. The number of unbranched alkanes of at least 4 members (excludes halogenated alkanes) is 2. The maximum atomic E-state index is 10.6. The number of esters is 1. The third-order valence-corrected chi connectivity index (χ3v) is 1.78. The van der Waals surface area contributed by atoms with E-state index in [1.54, 1.807) is 0 Å². The van der Waals surface area contributed by atoms with Crippen LogP contribution < -0.4 is 0 Å². The first-order valence-electron chi connectivity index (χ1n) is 4.16. The normalized spacial score (nSPS) is 20.8. The van der Waals surface area contributed by atoms with Crippen LogP contribution in [0.4, 0.5) is 0 Å². The van der Waals surface area contributed by atoms with Crippen LogP contribution in [0.5, 0.6) is 0 Å². The van der Waals surface area contributed by atoms with E-state index < -0.39 is 0 Å². The summed E-state index contributed by atoms with van der Waals surface area (Å²) in [6.07, 6.45) is 6.15. The Morgan fingerprint density at radius 1 is 1.64 bits per heavy atom. The Balaban J connectivity index is 2.25. The van der Waals surface area contributed by atoms with Crippen molar-refractivity contribution in [2.45, 2.75) is 32.6 Å². The van der Waals surface area contributed by atoms with Gasteiger partial charge < -0.3 is 4.74 Å². The fourth-order valence-corrected chi connectivity index (χ4v) is 1.10. The smallest absolute Gasteiger partial charge is 0.310 e. The van der Waals surface area contributed by atoms with Crippen LogP contribution >= 0.6 is 0 Å². The summed E-state index contributed by atoms with van der Waals surface area (Å²) in [6.45, 7) is 2.69. The van der Waals surface area contributed by atoms with Crippen LogP contribution in [-0.2, 0) is 9.53 Å². The summed E-state index contributed by atoms with van der Waals surface area (Å²) in [5.74, 6) is -0.0762. The predicted octanol–water partition coefficient (Wildman–Crippen LogP) is 2.05. The molecule has 11 heavy (non-hydrogen) atoms. The maximum Gasteiger partial charge on any atom is 0.310 e. The Morgan fingerprint density at radius 3 is 3.00 bits per heavy atom. The minimum Gasteiger partial charge on any atom is -0.461 e. The molecule has 0 atom stereocenters. The van der Waals surface area contributed by atoms with Crippen LogP contribution in [0.15, 0.2) is 11.6 Å². The Bertz CT molecular complexity index is 170. The second-order valence-electron chi connectivity index (χ2n) is 2.84. The van der Waals surface area contributed by atoms with E-state index in [0.29, 0.717) is 13.0 Å². The zero-order chi connectivity index (χ0) is 8.10. The molecule has 1 aliphatic heterocycles. The largest absolute Gasteiger partial charge is 0.461 e. The van der Waals surface area contributed by atoms with Gasteiger partial charge in [0.2, 0.25) is 0 Å². The lowest BCUT2D eigenvalue weighted by Gasteiger charge is -1.91. The molecule has 0 aromatic rings. The zero-order valence-electron chi connectivity index (χ0n) is 6.93. The molecular formula is C9H14O2. The zero-order valence-corrected chi connectivity index (χ0v) is 6.93. The van der Waals surface area contributed by atoms with Gasteiger partial charge in [-0.05, 0) is 12.0 Å². The Kier molecular flexibility index (Phi) is 3.14. The monoisotopic (exact) mass is 154 g/mol. The highest BCUT2D eigenvalue weighted by molar-refractivity contribution is 5.75. The molecule has 0 aromatic heterocycles. The summed E-state index contributed by atoms with van der Waals surface area (Å²) in [6, 6.07) is 0. The van der Waals surface area contributed by atoms with E-state index in [-0.39, 0.29) is 5.97 Å². The van der Waals surface area contributed by atoms with Crippen molar-refractivity contribution >= 4 is 5.97 Å². The molecular weight excluding hydrogens is 140 g/mol. The summed E-state index contributed by atoms with van der Waals surface area (Å²) >= 11 is 0. The number of carbonyl (C=O) groups excluding carboxylic acids is 1. The van der Waals surface area contributed by atoms with E-state index in [1.807, 2.05) is 0 Å². The first-order valence-corrected chi connectivity index (χ1v) is 4.16. The molecule has 0 spiro atoms. The van der Waals surface area contributed by atoms with Crippen molar-refractivity contribution in [1.82, 2.24) is 0 Å². The van der Waals surface area contributed by atoms with E-state index in [1.165, 1.54) is 12.8 Å². The van der Waals surface area contributed by atoms with Crippen molar-refractivity contribution in [3.05, 3.63) is 11.6 Å². The van der Waals surface area contributed by atoms with Crippen molar-refractivity contribution in [1.29, 1.82) is 0 Å². The molecule has 0 bridgehead atoms. The van der Waals surface area contributed by atoms with Crippen molar-refractivity contribution in [2.75, 3.05) is 6.61 Å². The topological polar surface area (TPSA) is 26.3 Å². The number of cyclic esters (lactones) is 1. The summed E-state index contributed by atoms with van der Waals surface area (Å²) in [5.41, 5.74) is 1.16. The molecule has 0 unspecified atom stereocenters. The highest BCUT2D eigenvalue weighted by Crippen LogP contribution is 2.13. The second kappa shape index (κ2) is 4.16. The average Bonchev–Trinajstić information content (AvgIpc) is 2.37. The molecule has 0 N–H and O–H groups in total. The molecule has 0 aromatic carbocycles. The third-order valence-electron chi connectivity index (χ3n) is 1.78. The number of carbonyl (C=O) groups is 1. The van der Waals surface area contributed by atoms with Crippen LogP contribution in [0.3, 0.4) is 0 Å². The van der Waals surface area contributed by atoms with Gasteiger partial charge in [0, 0.05) is 0 Å². The van der Waals surface area contributed by atoms with Gasteiger partial charge in [-0.3, -0.25) is 4.79 Å². The highest BCUT2D eigenvalue weighted by atomic mass is 16.5. The molecule has 62 valence electrons. The van der Waals surface area contributed by atoms with E-state index >= 15 is 0 Å². The van der Waals surface area contributed by atoms with Gasteiger partial charge in [0.15, 0.2) is 0 Å². The minimum atomic E-state index is -0.0762. The molecule has 1 rings (SSSR count). The molecule has 1 saturated heterocycles. The maximum absolute atomic E-state index is 10.6. The standard InChI is InChI=1S/C9H14O2/c1-2-3-4-5-8-6-9(10)11-7-8/h5H,2-4,6-7H2,1H3/b8-5+. The number of rotatable bonds is 3. The first kappa shape index (κ1) is 8.31. The van der Waals surface area contributed by atoms with E-state index in [4.69, 9.17) is 4.74 Å². The molecule has 1 fully saturated rings. The lowest BCUT2D eigenvalue weighted by atomic mass is 10.1. The number of ether oxygens (including phenoxy) is 1. The summed E-state index contributed by atoms with van der Waals surface area (Å²) in [4.78, 5) is 10.6. The van der Waals surface area contributed by atoms with Gasteiger partial charge in [-0.1, -0.05) is 25.8 Å². The number of allylic oxidation sites excluding steroid dienone is 1. The van der Waals surface area contributed by atoms with Crippen molar-refractivity contribution in [2.24, 2.45) is 0 Å². The summed E-state index contributed by atoms with van der Waals surface area (Å²) in [5, 5.41) is 0. The van der Waals surface area contributed by atoms with Crippen LogP contribution in [0, 0.1) is 0 Å². The van der Waals surface area contributed by atoms with Gasteiger partial charge in [0.1, 0.15) is 6.61 Å². The number of hydrogen-bond donors (Lipinski definition) is 0. The van der Waals surface area contributed by atoms with Gasteiger partial charge in [0.05, 0.1) is 6.42 Å². The molecule has 0 aliphatic carbocycles. The Hall–Kier alpha value is -0.790. The third kappa shape index (κ3) is 2.74. The molecule has 1 aliphatic rings. The number of hydrogen-bond acceptors (Lipinski definition) is 2. The fraction of sp³-hybridized carbons (Fsp3) is 0.667. The molecule has 2 heteroatoms. The van der Waals surface area contributed by atoms with Crippen molar-refractivity contribution in [3.63, 3.8) is 0 Å². The van der Waals surface area contributed by atoms with E-state index in [2.05, 4.69) is 13.0 Å². The summed E-state index contributed by atoms with van der Waals surface area (Å²) < 4.78 is 4.79. The average molecular weight is 154 g/mol. The Morgan fingerprint density at radius 2 is 2.45 bits per heavy atom. The van der Waals surface area contributed by atoms with Crippen LogP contribution in [0.1, 0.15) is 32.6 Å². The van der Waals surface area contributed by atoms with Gasteiger partial charge in [-0.25, -0.2) is 0 Å². The first-order chi connectivity index (χ1) is 5.33. The molecule has 2 nitrogen and oxygen atoms in total. The van der Waals surface area contributed by atoms with Crippen LogP contribution in [0.2, 0.25) is 0 Å². The van der Waals surface area contributed by atoms with Crippen molar-refractivity contribution < 1.29 is 9.53 Å². The highest BCUT2D eigenvalue weighted by Gasteiger charge is 2.15. The van der Waals surface area contributed by atoms with E-state index in [0.717, 1.165) is 12.0 Å². The lowest BCUT2D eigenvalue weighted by molar-refractivity contribution is -0.137. The molecule has 0 amide bonds. The van der Waals surface area contributed by atoms with Crippen LogP contribution in [0.25, 0.3) is 0 Å². The second-order valence-corrected chi connectivity index (χ2v) is 2.84. The molecule has 1 heterocycles. The van der Waals surface area contributed by atoms with Gasteiger partial charge in [0.25, 0.3) is 0 Å². The molecule has 0 saturated carbocycles. The van der Waals surface area contributed by atoms with Crippen LogP contribution in [-0.4, -0.2) is 12.6 Å². The summed E-state index contributed by atoms with van der Waals surface area (Å²) in [7, 11) is 0. The SMILES string of the molecule is CCCC/C=C1/COC(=O)C1. The molecule has 0 radical (unpaired) electrons. The van der Waals surface area contributed by atoms with Crippen molar-refractivity contribution in [3.8, 4) is 0 Å². The van der Waals surface area contributed by atoms with Gasteiger partial charge >= 0.3 is 5.97 Å². The Labute approximate surface area is 67.2 Å². The van der Waals surface area contributed by atoms with Gasteiger partial charge in [-0.2, -0.15) is 0 Å². The predicted molar refractivity (Wildman–Crippen MR) is 43.2 cm³/mol. The quantitative estimate of drug-likeness (QED) is 0.353.